The molecule has 5 nitrogen and oxygen atoms in total. The molecule has 0 spiro atoms. The molecule has 0 aliphatic rings. The maximum atomic E-state index is 11.0. The van der Waals surface area contributed by atoms with Crippen LogP contribution in [0.1, 0.15) is 16.7 Å². The first-order chi connectivity index (χ1) is 11.2. The van der Waals surface area contributed by atoms with E-state index in [-0.39, 0.29) is 0 Å². The summed E-state index contributed by atoms with van der Waals surface area (Å²) in [5.74, 6) is 0. The maximum Gasteiger partial charge on any atom is 0.432 e. The number of nitriles is 1. The van der Waals surface area contributed by atoms with Gasteiger partial charge in [-0.05, 0) is 29.2 Å². The molecule has 0 saturated carbocycles. The van der Waals surface area contributed by atoms with E-state index in [0.29, 0.717) is 17.5 Å². The summed E-state index contributed by atoms with van der Waals surface area (Å²) < 4.78 is 0.862. The molecule has 1 heterocycles. The molecule has 0 aliphatic carbocycles. The summed E-state index contributed by atoms with van der Waals surface area (Å²) in [7, 11) is 0. The van der Waals surface area contributed by atoms with Gasteiger partial charge in [0.05, 0.1) is 17.8 Å². The summed E-state index contributed by atoms with van der Waals surface area (Å²) in [6.45, 7) is 0. The van der Waals surface area contributed by atoms with Gasteiger partial charge in [0.1, 0.15) is 0 Å². The van der Waals surface area contributed by atoms with Crippen molar-refractivity contribution in [2.75, 3.05) is 0 Å². The molecule has 112 valence electrons. The molecule has 23 heavy (non-hydrogen) atoms. The minimum atomic E-state index is -1.14. The third-order valence-corrected chi connectivity index (χ3v) is 3.61. The Hall–Kier alpha value is -3.39. The lowest BCUT2D eigenvalue weighted by Gasteiger charge is -2.10. The molecule has 0 aliphatic heterocycles. The Morgan fingerprint density at radius 1 is 1.17 bits per heavy atom. The Morgan fingerprint density at radius 2 is 1.96 bits per heavy atom. The van der Waals surface area contributed by atoms with Gasteiger partial charge in [0.2, 0.25) is 0 Å². The molecule has 0 unspecified atom stereocenters. The van der Waals surface area contributed by atoms with Gasteiger partial charge in [-0.3, -0.25) is 0 Å². The van der Waals surface area contributed by atoms with Gasteiger partial charge in [-0.25, -0.2) is 4.79 Å². The van der Waals surface area contributed by atoms with Crippen LogP contribution in [0.2, 0.25) is 0 Å². The number of benzene rings is 2. The Bertz CT molecular complexity index is 892. The van der Waals surface area contributed by atoms with E-state index < -0.39 is 6.09 Å². The van der Waals surface area contributed by atoms with E-state index in [1.54, 1.807) is 12.1 Å². The molecule has 0 amide bonds. The Balaban J connectivity index is 2.09. The van der Waals surface area contributed by atoms with E-state index in [1.165, 1.54) is 12.4 Å². The van der Waals surface area contributed by atoms with E-state index in [2.05, 4.69) is 11.2 Å². The van der Waals surface area contributed by atoms with Gasteiger partial charge in [-0.1, -0.05) is 42.5 Å². The molecule has 3 aromatic rings. The van der Waals surface area contributed by atoms with Crippen LogP contribution in [0, 0.1) is 11.3 Å². The quantitative estimate of drug-likeness (QED) is 0.802. The van der Waals surface area contributed by atoms with Gasteiger partial charge in [-0.15, -0.1) is 0 Å². The second kappa shape index (κ2) is 6.16. The van der Waals surface area contributed by atoms with Crippen LogP contribution >= 0.6 is 0 Å². The zero-order chi connectivity index (χ0) is 16.2. The molecular formula is C18H13N3O2. The SMILES string of the molecule is N#Cc1cccc(-c2cnn(C(=O)O)c2)c1Cc1ccccc1. The van der Waals surface area contributed by atoms with Gasteiger partial charge >= 0.3 is 6.09 Å². The molecule has 2 aromatic carbocycles. The molecule has 0 radical (unpaired) electrons. The highest BCUT2D eigenvalue weighted by molar-refractivity contribution is 5.73. The van der Waals surface area contributed by atoms with Gasteiger partial charge in [0, 0.05) is 11.8 Å². The largest absolute Gasteiger partial charge is 0.463 e. The second-order valence-electron chi connectivity index (χ2n) is 5.06. The second-order valence-corrected chi connectivity index (χ2v) is 5.06. The maximum absolute atomic E-state index is 11.0. The van der Waals surface area contributed by atoms with Crippen LogP contribution in [-0.2, 0) is 6.42 Å². The van der Waals surface area contributed by atoms with Crippen molar-refractivity contribution in [2.24, 2.45) is 0 Å². The average molecular weight is 303 g/mol. The van der Waals surface area contributed by atoms with Crippen LogP contribution in [0.25, 0.3) is 11.1 Å². The zero-order valence-corrected chi connectivity index (χ0v) is 12.2. The smallest absolute Gasteiger partial charge is 0.432 e. The normalized spacial score (nSPS) is 10.2. The first-order valence-corrected chi connectivity index (χ1v) is 7.03. The highest BCUT2D eigenvalue weighted by atomic mass is 16.4. The third-order valence-electron chi connectivity index (χ3n) is 3.61. The summed E-state index contributed by atoms with van der Waals surface area (Å²) in [5, 5.41) is 22.2. The van der Waals surface area contributed by atoms with E-state index >= 15 is 0 Å². The molecule has 1 N–H and O–H groups in total. The van der Waals surface area contributed by atoms with E-state index in [0.717, 1.165) is 21.4 Å². The van der Waals surface area contributed by atoms with Crippen LogP contribution in [-0.4, -0.2) is 21.0 Å². The Labute approximate surface area is 133 Å². The van der Waals surface area contributed by atoms with Crippen LogP contribution in [0.15, 0.2) is 60.9 Å². The highest BCUT2D eigenvalue weighted by Crippen LogP contribution is 2.28. The lowest BCUT2D eigenvalue weighted by molar-refractivity contribution is 0.192. The fraction of sp³-hybridized carbons (Fsp3) is 0.0556. The van der Waals surface area contributed by atoms with E-state index in [9.17, 15) is 10.1 Å². The van der Waals surface area contributed by atoms with Crippen LogP contribution < -0.4 is 0 Å². The standard InChI is InChI=1S/C18H13N3O2/c19-10-14-7-4-8-16(15-11-20-21(12-15)18(22)23)17(14)9-13-5-2-1-3-6-13/h1-8,11-12H,9H2,(H,22,23). The van der Waals surface area contributed by atoms with Crippen LogP contribution in [0.5, 0.6) is 0 Å². The minimum Gasteiger partial charge on any atom is -0.463 e. The predicted molar refractivity (Wildman–Crippen MR) is 85.0 cm³/mol. The Kier molecular flexibility index (Phi) is 3.89. The molecule has 0 bridgehead atoms. The van der Waals surface area contributed by atoms with Crippen molar-refractivity contribution in [2.45, 2.75) is 6.42 Å². The predicted octanol–water partition coefficient (Wildman–Crippen LogP) is 3.54. The summed E-state index contributed by atoms with van der Waals surface area (Å²) in [5.41, 5.74) is 4.03. The summed E-state index contributed by atoms with van der Waals surface area (Å²) >= 11 is 0. The number of rotatable bonds is 3. The summed E-state index contributed by atoms with van der Waals surface area (Å²) in [6.07, 6.45) is 2.40. The first kappa shape index (κ1) is 14.5. The van der Waals surface area contributed by atoms with Crippen molar-refractivity contribution in [3.05, 3.63) is 77.6 Å². The number of aromatic nitrogens is 2. The van der Waals surface area contributed by atoms with Crippen molar-refractivity contribution in [3.63, 3.8) is 0 Å². The van der Waals surface area contributed by atoms with Crippen molar-refractivity contribution in [1.29, 1.82) is 5.26 Å². The number of hydrogen-bond donors (Lipinski definition) is 1. The molecule has 1 aromatic heterocycles. The van der Waals surface area contributed by atoms with Crippen molar-refractivity contribution >= 4 is 6.09 Å². The first-order valence-electron chi connectivity index (χ1n) is 7.03. The summed E-state index contributed by atoms with van der Waals surface area (Å²) in [4.78, 5) is 11.0. The van der Waals surface area contributed by atoms with Gasteiger partial charge in [0.25, 0.3) is 0 Å². The van der Waals surface area contributed by atoms with Crippen LogP contribution in [0.4, 0.5) is 4.79 Å². The number of nitrogens with zero attached hydrogens (tertiary/aromatic N) is 3. The van der Waals surface area contributed by atoms with Crippen molar-refractivity contribution in [3.8, 4) is 17.2 Å². The topological polar surface area (TPSA) is 78.9 Å². The molecule has 3 rings (SSSR count). The van der Waals surface area contributed by atoms with Gasteiger partial charge in [-0.2, -0.15) is 15.0 Å². The molecular weight excluding hydrogens is 290 g/mol. The van der Waals surface area contributed by atoms with E-state index in [4.69, 9.17) is 5.11 Å². The Morgan fingerprint density at radius 3 is 2.61 bits per heavy atom. The average Bonchev–Trinajstić information content (AvgIpc) is 3.06. The highest BCUT2D eigenvalue weighted by Gasteiger charge is 2.13. The fourth-order valence-corrected chi connectivity index (χ4v) is 2.52. The van der Waals surface area contributed by atoms with Gasteiger partial charge < -0.3 is 5.11 Å². The van der Waals surface area contributed by atoms with E-state index in [1.807, 2.05) is 36.4 Å². The molecule has 0 atom stereocenters. The van der Waals surface area contributed by atoms with Crippen molar-refractivity contribution < 1.29 is 9.90 Å². The van der Waals surface area contributed by atoms with Crippen LogP contribution in [0.3, 0.4) is 0 Å². The molecule has 0 fully saturated rings. The fourth-order valence-electron chi connectivity index (χ4n) is 2.52. The lowest BCUT2D eigenvalue weighted by atomic mass is 9.92. The van der Waals surface area contributed by atoms with Crippen molar-refractivity contribution in [1.82, 2.24) is 9.78 Å². The monoisotopic (exact) mass is 303 g/mol. The zero-order valence-electron chi connectivity index (χ0n) is 12.2. The molecule has 0 saturated heterocycles. The minimum absolute atomic E-state index is 0.578. The number of carbonyl (C=O) groups is 1. The van der Waals surface area contributed by atoms with Gasteiger partial charge in [0.15, 0.2) is 0 Å². The lowest BCUT2D eigenvalue weighted by Crippen LogP contribution is -2.07. The molecule has 5 heteroatoms. The number of hydrogen-bond acceptors (Lipinski definition) is 3. The summed E-state index contributed by atoms with van der Waals surface area (Å²) in [6, 6.07) is 17.5. The third kappa shape index (κ3) is 2.97. The number of carboxylic acid groups (broad SMARTS) is 1.